The fourth-order valence-corrected chi connectivity index (χ4v) is 5.21. The van der Waals surface area contributed by atoms with Crippen molar-refractivity contribution in [2.45, 2.75) is 50.8 Å². The van der Waals surface area contributed by atoms with Crippen LogP contribution >= 0.6 is 11.8 Å². The Bertz CT molecular complexity index is 1240. The SMILES string of the molecule is CCCCNC(=O)CC1C(=O)N=C2c3ccccc3N=C(SC(CC)C(=O)Nc3ccccc3OC)N21. The van der Waals surface area contributed by atoms with Crippen LogP contribution in [0.5, 0.6) is 5.75 Å². The van der Waals surface area contributed by atoms with Crippen LogP contribution in [0.1, 0.15) is 45.1 Å². The number of nitrogens with one attached hydrogen (secondary N) is 2. The number of benzene rings is 2. The van der Waals surface area contributed by atoms with Crippen molar-refractivity contribution in [2.24, 2.45) is 9.98 Å². The summed E-state index contributed by atoms with van der Waals surface area (Å²) >= 11 is 1.26. The molecule has 2 aromatic rings. The zero-order chi connectivity index (χ0) is 26.4. The Morgan fingerprint density at radius 3 is 2.62 bits per heavy atom. The number of aliphatic imine (C=N–C) groups is 2. The summed E-state index contributed by atoms with van der Waals surface area (Å²) in [4.78, 5) is 49.7. The number of para-hydroxylation sites is 3. The van der Waals surface area contributed by atoms with Crippen LogP contribution in [-0.2, 0) is 14.4 Å². The quantitative estimate of drug-likeness (QED) is 0.455. The van der Waals surface area contributed by atoms with Crippen LogP contribution in [0.25, 0.3) is 0 Å². The van der Waals surface area contributed by atoms with Gasteiger partial charge in [0, 0.05) is 12.1 Å². The maximum Gasteiger partial charge on any atom is 0.271 e. The summed E-state index contributed by atoms with van der Waals surface area (Å²) in [6.07, 6.45) is 2.30. The molecule has 2 atom stereocenters. The molecule has 3 amide bonds. The zero-order valence-electron chi connectivity index (χ0n) is 21.2. The molecule has 10 heteroatoms. The molecule has 0 fully saturated rings. The van der Waals surface area contributed by atoms with Crippen molar-refractivity contribution in [3.05, 3.63) is 54.1 Å². The average molecular weight is 522 g/mol. The number of thioether (sulfide) groups is 1. The molecule has 4 rings (SSSR count). The second kappa shape index (κ2) is 12.1. The van der Waals surface area contributed by atoms with E-state index in [0.29, 0.717) is 41.1 Å². The predicted octanol–water partition coefficient (Wildman–Crippen LogP) is 4.11. The van der Waals surface area contributed by atoms with E-state index in [1.165, 1.54) is 11.8 Å². The van der Waals surface area contributed by atoms with Crippen LogP contribution < -0.4 is 15.4 Å². The largest absolute Gasteiger partial charge is 0.495 e. The number of amidine groups is 2. The maximum absolute atomic E-state index is 13.3. The van der Waals surface area contributed by atoms with Gasteiger partial charge in [-0.1, -0.05) is 56.3 Å². The molecular weight excluding hydrogens is 490 g/mol. The third-order valence-corrected chi connectivity index (χ3v) is 7.45. The van der Waals surface area contributed by atoms with E-state index in [9.17, 15) is 14.4 Å². The summed E-state index contributed by atoms with van der Waals surface area (Å²) in [7, 11) is 1.55. The Morgan fingerprint density at radius 2 is 1.86 bits per heavy atom. The summed E-state index contributed by atoms with van der Waals surface area (Å²) in [6, 6.07) is 13.8. The van der Waals surface area contributed by atoms with Gasteiger partial charge >= 0.3 is 0 Å². The number of nitrogens with zero attached hydrogens (tertiary/aromatic N) is 3. The number of methoxy groups -OCH3 is 1. The van der Waals surface area contributed by atoms with Crippen LogP contribution in [0.15, 0.2) is 58.5 Å². The molecule has 2 unspecified atom stereocenters. The number of carbonyl (C=O) groups is 3. The van der Waals surface area contributed by atoms with Crippen LogP contribution in [0, 0.1) is 0 Å². The highest BCUT2D eigenvalue weighted by Gasteiger charge is 2.43. The standard InChI is InChI=1S/C27H31N5O4S/c1-4-6-15-28-23(33)16-20-25(34)31-24-17-11-7-8-12-18(17)30-27(32(20)24)37-22(5-2)26(35)29-19-13-9-10-14-21(19)36-3/h7-14,20,22H,4-6,15-16H2,1-3H3,(H,28,33)(H,29,35). The molecule has 37 heavy (non-hydrogen) atoms. The summed E-state index contributed by atoms with van der Waals surface area (Å²) in [6.45, 7) is 4.52. The summed E-state index contributed by atoms with van der Waals surface area (Å²) in [5.74, 6) is 0.207. The topological polar surface area (TPSA) is 112 Å². The Kier molecular flexibility index (Phi) is 8.60. The highest BCUT2D eigenvalue weighted by molar-refractivity contribution is 8.15. The number of amides is 3. The Balaban J connectivity index is 1.59. The van der Waals surface area contributed by atoms with Gasteiger partial charge in [-0.25, -0.2) is 4.99 Å². The van der Waals surface area contributed by atoms with Crippen LogP contribution in [0.3, 0.4) is 0 Å². The van der Waals surface area contributed by atoms with Crippen molar-refractivity contribution in [3.8, 4) is 5.75 Å². The number of anilines is 1. The number of fused-ring (bicyclic) bond motifs is 3. The highest BCUT2D eigenvalue weighted by Crippen LogP contribution is 2.37. The lowest BCUT2D eigenvalue weighted by Gasteiger charge is -2.32. The summed E-state index contributed by atoms with van der Waals surface area (Å²) < 4.78 is 5.36. The minimum absolute atomic E-state index is 0.0402. The molecule has 2 aliphatic heterocycles. The molecule has 2 heterocycles. The summed E-state index contributed by atoms with van der Waals surface area (Å²) in [5, 5.41) is 5.78. The number of hydrogen-bond donors (Lipinski definition) is 2. The van der Waals surface area contributed by atoms with E-state index in [0.717, 1.165) is 18.4 Å². The minimum Gasteiger partial charge on any atom is -0.495 e. The monoisotopic (exact) mass is 521 g/mol. The van der Waals surface area contributed by atoms with E-state index in [-0.39, 0.29) is 18.2 Å². The lowest BCUT2D eigenvalue weighted by atomic mass is 10.1. The lowest BCUT2D eigenvalue weighted by Crippen LogP contribution is -2.46. The number of hydrogen-bond acceptors (Lipinski definition) is 7. The second-order valence-corrected chi connectivity index (χ2v) is 9.85. The van der Waals surface area contributed by atoms with Crippen molar-refractivity contribution in [3.63, 3.8) is 0 Å². The number of unbranched alkanes of at least 4 members (excludes halogenated alkanes) is 1. The first-order valence-electron chi connectivity index (χ1n) is 12.4. The Morgan fingerprint density at radius 1 is 1.11 bits per heavy atom. The number of ether oxygens (including phenoxy) is 1. The summed E-state index contributed by atoms with van der Waals surface area (Å²) in [5.41, 5.74) is 1.96. The first kappa shape index (κ1) is 26.4. The lowest BCUT2D eigenvalue weighted by molar-refractivity contribution is -0.126. The molecule has 2 aliphatic rings. The maximum atomic E-state index is 13.3. The van der Waals surface area contributed by atoms with Crippen LogP contribution in [0.2, 0.25) is 0 Å². The first-order chi connectivity index (χ1) is 18.0. The third kappa shape index (κ3) is 5.85. The van der Waals surface area contributed by atoms with Crippen LogP contribution in [0.4, 0.5) is 11.4 Å². The number of carbonyl (C=O) groups excluding carboxylic acids is 3. The van der Waals surface area contributed by atoms with Gasteiger partial charge in [0.25, 0.3) is 5.91 Å². The molecule has 9 nitrogen and oxygen atoms in total. The minimum atomic E-state index is -0.814. The highest BCUT2D eigenvalue weighted by atomic mass is 32.2. The van der Waals surface area contributed by atoms with Crippen molar-refractivity contribution >= 4 is 51.9 Å². The molecule has 194 valence electrons. The van der Waals surface area contributed by atoms with E-state index in [2.05, 4.69) is 15.6 Å². The molecule has 0 aromatic heterocycles. The third-order valence-electron chi connectivity index (χ3n) is 6.12. The molecule has 0 bridgehead atoms. The molecule has 0 saturated heterocycles. The van der Waals surface area contributed by atoms with E-state index < -0.39 is 17.2 Å². The predicted molar refractivity (Wildman–Crippen MR) is 147 cm³/mol. The zero-order valence-corrected chi connectivity index (χ0v) is 22.0. The Labute approximate surface area is 220 Å². The van der Waals surface area contributed by atoms with Gasteiger partial charge in [0.05, 0.1) is 30.2 Å². The van der Waals surface area contributed by atoms with Gasteiger partial charge in [-0.15, -0.1) is 0 Å². The number of rotatable bonds is 10. The second-order valence-electron chi connectivity index (χ2n) is 8.68. The van der Waals surface area contributed by atoms with Crippen molar-refractivity contribution in [1.29, 1.82) is 0 Å². The molecular formula is C27H31N5O4S. The first-order valence-corrected chi connectivity index (χ1v) is 13.3. The van der Waals surface area contributed by atoms with E-state index in [1.54, 1.807) is 24.1 Å². The fourth-order valence-electron chi connectivity index (χ4n) is 4.15. The van der Waals surface area contributed by atoms with E-state index in [1.807, 2.05) is 50.2 Å². The average Bonchev–Trinajstić information content (AvgIpc) is 3.23. The van der Waals surface area contributed by atoms with Crippen molar-refractivity contribution in [1.82, 2.24) is 10.2 Å². The normalized spacial score (nSPS) is 16.8. The Hall–Kier alpha value is -3.66. The van der Waals surface area contributed by atoms with Gasteiger partial charge in [-0.2, -0.15) is 4.99 Å². The smallest absolute Gasteiger partial charge is 0.271 e. The van der Waals surface area contributed by atoms with Gasteiger partial charge < -0.3 is 15.4 Å². The van der Waals surface area contributed by atoms with Gasteiger partial charge in [0.15, 0.2) is 5.17 Å². The van der Waals surface area contributed by atoms with E-state index in [4.69, 9.17) is 9.73 Å². The van der Waals surface area contributed by atoms with E-state index >= 15 is 0 Å². The molecule has 0 radical (unpaired) electrons. The molecule has 0 aliphatic carbocycles. The van der Waals surface area contributed by atoms with Gasteiger partial charge in [-0.3, -0.25) is 19.3 Å². The van der Waals surface area contributed by atoms with Gasteiger partial charge in [0.1, 0.15) is 17.6 Å². The molecule has 0 saturated carbocycles. The fraction of sp³-hybridized carbons (Fsp3) is 0.370. The van der Waals surface area contributed by atoms with Crippen molar-refractivity contribution < 1.29 is 19.1 Å². The van der Waals surface area contributed by atoms with Gasteiger partial charge in [-0.05, 0) is 37.1 Å². The molecule has 2 N–H and O–H groups in total. The molecule has 0 spiro atoms. The molecule has 2 aromatic carbocycles. The van der Waals surface area contributed by atoms with Crippen molar-refractivity contribution in [2.75, 3.05) is 19.0 Å². The van der Waals surface area contributed by atoms with Gasteiger partial charge in [0.2, 0.25) is 11.8 Å². The van der Waals surface area contributed by atoms with Crippen LogP contribution in [-0.4, -0.2) is 58.6 Å².